The molecule has 0 atom stereocenters. The molecule has 0 saturated carbocycles. The van der Waals surface area contributed by atoms with Crippen molar-refractivity contribution >= 4 is 43.4 Å². The summed E-state index contributed by atoms with van der Waals surface area (Å²) >= 11 is 3.47. The maximum absolute atomic E-state index is 12.7. The lowest BCUT2D eigenvalue weighted by atomic mass is 9.86. The van der Waals surface area contributed by atoms with Crippen LogP contribution in [-0.4, -0.2) is 30.9 Å². The van der Waals surface area contributed by atoms with Crippen molar-refractivity contribution in [2.24, 2.45) is 0 Å². The van der Waals surface area contributed by atoms with Crippen LogP contribution in [0.1, 0.15) is 37.9 Å². The van der Waals surface area contributed by atoms with Gasteiger partial charge in [-0.05, 0) is 61.7 Å². The third-order valence-corrected chi connectivity index (χ3v) is 6.63. The lowest BCUT2D eigenvalue weighted by molar-refractivity contribution is -0.118. The number of nitrogens with zero attached hydrogens (tertiary/aromatic N) is 2. The summed E-state index contributed by atoms with van der Waals surface area (Å²) < 4.78 is 34.5. The smallest absolute Gasteiger partial charge is 0.263 e. The van der Waals surface area contributed by atoms with Crippen LogP contribution < -0.4 is 14.8 Å². The number of aryl methyl sites for hydroxylation is 2. The first-order valence-corrected chi connectivity index (χ1v) is 12.8. The highest BCUT2D eigenvalue weighted by molar-refractivity contribution is 9.10. The molecule has 34 heavy (non-hydrogen) atoms. The molecular weight excluding hydrogens is 520 g/mol. The van der Waals surface area contributed by atoms with E-state index in [1.165, 1.54) is 24.3 Å². The summed E-state index contributed by atoms with van der Waals surface area (Å²) in [6, 6.07) is 13.1. The monoisotopic (exact) mass is 546 g/mol. The summed E-state index contributed by atoms with van der Waals surface area (Å²) in [5.74, 6) is 0.940. The molecule has 0 unspecified atom stereocenters. The van der Waals surface area contributed by atoms with Gasteiger partial charge in [0.1, 0.15) is 17.4 Å². The summed E-state index contributed by atoms with van der Waals surface area (Å²) in [6.07, 6.45) is 0. The number of carbonyl (C=O) groups is 1. The van der Waals surface area contributed by atoms with Crippen LogP contribution in [0.5, 0.6) is 5.75 Å². The molecule has 10 heteroatoms. The fourth-order valence-corrected chi connectivity index (χ4v) is 4.59. The Bertz CT molecular complexity index is 1280. The van der Waals surface area contributed by atoms with E-state index in [4.69, 9.17) is 4.74 Å². The molecule has 0 spiro atoms. The molecule has 0 aliphatic heterocycles. The van der Waals surface area contributed by atoms with Gasteiger partial charge in [0.25, 0.3) is 15.9 Å². The van der Waals surface area contributed by atoms with E-state index < -0.39 is 10.0 Å². The summed E-state index contributed by atoms with van der Waals surface area (Å²) in [5.41, 5.74) is 1.93. The lowest BCUT2D eigenvalue weighted by Gasteiger charge is -2.23. The molecule has 0 radical (unpaired) electrons. The number of amides is 1. The summed E-state index contributed by atoms with van der Waals surface area (Å²) in [6.45, 7) is 9.47. The Balaban J connectivity index is 1.64. The summed E-state index contributed by atoms with van der Waals surface area (Å²) in [4.78, 5) is 20.7. The van der Waals surface area contributed by atoms with Crippen LogP contribution in [0.25, 0.3) is 0 Å². The standard InChI is InChI=1S/C24H27BrN4O4S/c1-15-12-22(27-16(2)26-15)29-34(31,32)19-9-7-18(8-10-19)28-23(30)14-33-21-11-6-17(25)13-20(21)24(3,4)5/h6-13H,14H2,1-5H3,(H,28,30)(H,26,27,29). The first-order chi connectivity index (χ1) is 15.8. The second kappa shape index (κ2) is 10.1. The fraction of sp³-hybridized carbons (Fsp3) is 0.292. The molecule has 0 bridgehead atoms. The molecule has 2 aromatic carbocycles. The number of hydrogen-bond donors (Lipinski definition) is 2. The summed E-state index contributed by atoms with van der Waals surface area (Å²) in [5, 5.41) is 2.72. The Labute approximate surface area is 208 Å². The van der Waals surface area contributed by atoms with Gasteiger partial charge >= 0.3 is 0 Å². The van der Waals surface area contributed by atoms with Gasteiger partial charge in [0.05, 0.1) is 4.90 Å². The van der Waals surface area contributed by atoms with Crippen molar-refractivity contribution in [3.05, 3.63) is 70.1 Å². The van der Waals surface area contributed by atoms with Crippen LogP contribution in [0.15, 0.2) is 57.9 Å². The van der Waals surface area contributed by atoms with Crippen molar-refractivity contribution in [1.29, 1.82) is 0 Å². The maximum Gasteiger partial charge on any atom is 0.263 e. The molecule has 180 valence electrons. The Morgan fingerprint density at radius 2 is 1.71 bits per heavy atom. The van der Waals surface area contributed by atoms with Crippen LogP contribution >= 0.6 is 15.9 Å². The highest BCUT2D eigenvalue weighted by Gasteiger charge is 2.20. The number of sulfonamides is 1. The van der Waals surface area contributed by atoms with Gasteiger partial charge in [0.15, 0.2) is 6.61 Å². The second-order valence-electron chi connectivity index (χ2n) is 8.80. The van der Waals surface area contributed by atoms with Gasteiger partial charge in [-0.2, -0.15) is 0 Å². The van der Waals surface area contributed by atoms with E-state index >= 15 is 0 Å². The molecule has 0 aliphatic rings. The van der Waals surface area contributed by atoms with Crippen LogP contribution in [0.4, 0.5) is 11.5 Å². The van der Waals surface area contributed by atoms with Crippen molar-refractivity contribution in [2.45, 2.75) is 44.9 Å². The normalized spacial score (nSPS) is 11.7. The number of carbonyl (C=O) groups excluding carboxylic acids is 1. The zero-order chi connectivity index (χ0) is 25.1. The van der Waals surface area contributed by atoms with Gasteiger partial charge in [-0.1, -0.05) is 36.7 Å². The van der Waals surface area contributed by atoms with Crippen molar-refractivity contribution in [1.82, 2.24) is 9.97 Å². The zero-order valence-corrected chi connectivity index (χ0v) is 22.0. The van der Waals surface area contributed by atoms with Gasteiger partial charge in [0.2, 0.25) is 0 Å². The highest BCUT2D eigenvalue weighted by atomic mass is 79.9. The molecule has 0 aliphatic carbocycles. The molecule has 3 aromatic rings. The van der Waals surface area contributed by atoms with E-state index in [0.29, 0.717) is 23.0 Å². The van der Waals surface area contributed by atoms with Crippen LogP contribution in [-0.2, 0) is 20.2 Å². The number of anilines is 2. The number of nitrogens with one attached hydrogen (secondary N) is 2. The predicted molar refractivity (Wildman–Crippen MR) is 136 cm³/mol. The van der Waals surface area contributed by atoms with Crippen LogP contribution in [0, 0.1) is 13.8 Å². The van der Waals surface area contributed by atoms with E-state index in [1.807, 2.05) is 18.2 Å². The number of benzene rings is 2. The molecule has 2 N–H and O–H groups in total. The third-order valence-electron chi connectivity index (χ3n) is 4.76. The number of hydrogen-bond acceptors (Lipinski definition) is 6. The molecule has 1 aromatic heterocycles. The number of rotatable bonds is 7. The van der Waals surface area contributed by atoms with Gasteiger partial charge in [-0.3, -0.25) is 9.52 Å². The molecule has 0 saturated heterocycles. The van der Waals surface area contributed by atoms with Gasteiger partial charge in [0, 0.05) is 27.5 Å². The summed E-state index contributed by atoms with van der Waals surface area (Å²) in [7, 11) is -3.84. The number of ether oxygens (including phenoxy) is 1. The number of aromatic nitrogens is 2. The van der Waals surface area contributed by atoms with E-state index in [1.54, 1.807) is 19.9 Å². The van der Waals surface area contributed by atoms with Gasteiger partial charge in [-0.25, -0.2) is 18.4 Å². The Hall–Kier alpha value is -2.98. The SMILES string of the molecule is Cc1cc(NS(=O)(=O)c2ccc(NC(=O)COc3ccc(Br)cc3C(C)(C)C)cc2)nc(C)n1. The molecule has 1 amide bonds. The third kappa shape index (κ3) is 6.77. The van der Waals surface area contributed by atoms with E-state index in [9.17, 15) is 13.2 Å². The average Bonchev–Trinajstić information content (AvgIpc) is 2.71. The molecular formula is C24H27BrN4O4S. The largest absolute Gasteiger partial charge is 0.483 e. The minimum atomic E-state index is -3.84. The number of halogens is 1. The van der Waals surface area contributed by atoms with E-state index in [2.05, 4.69) is 56.7 Å². The minimum absolute atomic E-state index is 0.0420. The van der Waals surface area contributed by atoms with E-state index in [-0.39, 0.29) is 28.6 Å². The first kappa shape index (κ1) is 25.6. The van der Waals surface area contributed by atoms with Crippen molar-refractivity contribution < 1.29 is 17.9 Å². The predicted octanol–water partition coefficient (Wildman–Crippen LogP) is 4.97. The van der Waals surface area contributed by atoms with Crippen molar-refractivity contribution in [3.8, 4) is 5.75 Å². The molecule has 3 rings (SSSR count). The second-order valence-corrected chi connectivity index (χ2v) is 11.4. The highest BCUT2D eigenvalue weighted by Crippen LogP contribution is 2.33. The Morgan fingerprint density at radius 3 is 2.32 bits per heavy atom. The Morgan fingerprint density at radius 1 is 1.03 bits per heavy atom. The maximum atomic E-state index is 12.7. The van der Waals surface area contributed by atoms with Gasteiger partial charge < -0.3 is 10.1 Å². The van der Waals surface area contributed by atoms with Crippen molar-refractivity contribution in [3.63, 3.8) is 0 Å². The molecule has 8 nitrogen and oxygen atoms in total. The first-order valence-electron chi connectivity index (χ1n) is 10.5. The van der Waals surface area contributed by atoms with Crippen LogP contribution in [0.2, 0.25) is 0 Å². The Kier molecular flexibility index (Phi) is 7.62. The van der Waals surface area contributed by atoms with Crippen LogP contribution in [0.3, 0.4) is 0 Å². The topological polar surface area (TPSA) is 110 Å². The quantitative estimate of drug-likeness (QED) is 0.432. The molecule has 1 heterocycles. The average molecular weight is 547 g/mol. The molecule has 0 fully saturated rings. The van der Waals surface area contributed by atoms with E-state index in [0.717, 1.165) is 10.0 Å². The lowest BCUT2D eigenvalue weighted by Crippen LogP contribution is -2.22. The van der Waals surface area contributed by atoms with Crippen molar-refractivity contribution in [2.75, 3.05) is 16.6 Å². The minimum Gasteiger partial charge on any atom is -0.483 e. The zero-order valence-electron chi connectivity index (χ0n) is 19.6. The fourth-order valence-electron chi connectivity index (χ4n) is 3.24. The van der Waals surface area contributed by atoms with Gasteiger partial charge in [-0.15, -0.1) is 0 Å².